The number of rotatable bonds is 7. The summed E-state index contributed by atoms with van der Waals surface area (Å²) < 4.78 is 12.7. The van der Waals surface area contributed by atoms with Crippen molar-refractivity contribution in [3.05, 3.63) is 83.2 Å². The van der Waals surface area contributed by atoms with Crippen LogP contribution in [0.5, 0.6) is 5.75 Å². The minimum absolute atomic E-state index is 0.209. The summed E-state index contributed by atoms with van der Waals surface area (Å²) in [6.07, 6.45) is 6.26. The van der Waals surface area contributed by atoms with Crippen LogP contribution in [-0.4, -0.2) is 22.9 Å². The topological polar surface area (TPSA) is 53.4 Å². The Morgan fingerprint density at radius 1 is 1.22 bits per heavy atom. The number of hydrogen-bond acceptors (Lipinski definition) is 4. The molecule has 1 aromatic heterocycles. The number of ether oxygens (including phenoxy) is 2. The monoisotopic (exact) mass is 432 g/mol. The second-order valence-electron chi connectivity index (χ2n) is 9.39. The van der Waals surface area contributed by atoms with Crippen molar-refractivity contribution >= 4 is 5.97 Å². The Labute approximate surface area is 190 Å². The first-order chi connectivity index (χ1) is 15.4. The standard InChI is InChI=1S/C27H32N2O3/c1-19-12-13-27(2,3)24-16-20(6-11-23(19)24)18-32-22-9-7-21(8-10-22)25(17-26(30)31-4)29-15-5-14-28-29/h5-11,14-16,19,25H,12-13,17-18H2,1-4H3. The van der Waals surface area contributed by atoms with Crippen LogP contribution in [0.1, 0.15) is 74.2 Å². The molecule has 1 aliphatic rings. The predicted octanol–water partition coefficient (Wildman–Crippen LogP) is 5.79. The molecule has 0 saturated carbocycles. The molecule has 2 unspecified atom stereocenters. The first-order valence-electron chi connectivity index (χ1n) is 11.3. The van der Waals surface area contributed by atoms with E-state index < -0.39 is 0 Å². The Morgan fingerprint density at radius 3 is 2.69 bits per heavy atom. The van der Waals surface area contributed by atoms with E-state index in [1.807, 2.05) is 36.5 Å². The maximum atomic E-state index is 11.9. The van der Waals surface area contributed by atoms with Crippen molar-refractivity contribution < 1.29 is 14.3 Å². The molecular formula is C27H32N2O3. The molecule has 4 rings (SSSR count). The van der Waals surface area contributed by atoms with Gasteiger partial charge in [-0.3, -0.25) is 9.48 Å². The average molecular weight is 433 g/mol. The molecule has 3 aromatic rings. The molecule has 32 heavy (non-hydrogen) atoms. The van der Waals surface area contributed by atoms with Crippen molar-refractivity contribution in [2.24, 2.45) is 0 Å². The van der Waals surface area contributed by atoms with Gasteiger partial charge < -0.3 is 9.47 Å². The van der Waals surface area contributed by atoms with E-state index in [0.29, 0.717) is 12.5 Å². The molecule has 0 saturated heterocycles. The van der Waals surface area contributed by atoms with Gasteiger partial charge in [0.25, 0.3) is 0 Å². The molecular weight excluding hydrogens is 400 g/mol. The third-order valence-electron chi connectivity index (χ3n) is 6.68. The van der Waals surface area contributed by atoms with E-state index in [2.05, 4.69) is 44.1 Å². The lowest BCUT2D eigenvalue weighted by atomic mass is 9.69. The summed E-state index contributed by atoms with van der Waals surface area (Å²) in [7, 11) is 1.40. The number of esters is 1. The van der Waals surface area contributed by atoms with Gasteiger partial charge in [0.1, 0.15) is 12.4 Å². The van der Waals surface area contributed by atoms with E-state index in [1.54, 1.807) is 10.9 Å². The van der Waals surface area contributed by atoms with Crippen LogP contribution >= 0.6 is 0 Å². The summed E-state index contributed by atoms with van der Waals surface area (Å²) in [5.41, 5.74) is 5.31. The first kappa shape index (κ1) is 22.1. The van der Waals surface area contributed by atoms with Crippen molar-refractivity contribution in [3.8, 4) is 5.75 Å². The van der Waals surface area contributed by atoms with Gasteiger partial charge in [0.15, 0.2) is 0 Å². The predicted molar refractivity (Wildman–Crippen MR) is 125 cm³/mol. The van der Waals surface area contributed by atoms with Crippen LogP contribution in [0.4, 0.5) is 0 Å². The minimum atomic E-state index is -0.268. The van der Waals surface area contributed by atoms with Gasteiger partial charge in [-0.05, 0) is 64.6 Å². The molecule has 0 N–H and O–H groups in total. The van der Waals surface area contributed by atoms with Gasteiger partial charge in [0, 0.05) is 12.4 Å². The SMILES string of the molecule is COC(=O)CC(c1ccc(OCc2ccc3c(c2)C(C)(C)CCC3C)cc1)n1cccn1. The Morgan fingerprint density at radius 2 is 2.00 bits per heavy atom. The fraction of sp³-hybridized carbons (Fsp3) is 0.407. The zero-order chi connectivity index (χ0) is 22.7. The summed E-state index contributed by atoms with van der Waals surface area (Å²) in [4.78, 5) is 11.9. The van der Waals surface area contributed by atoms with E-state index in [1.165, 1.54) is 36.6 Å². The van der Waals surface area contributed by atoms with Crippen molar-refractivity contribution in [3.63, 3.8) is 0 Å². The van der Waals surface area contributed by atoms with E-state index in [4.69, 9.17) is 9.47 Å². The molecule has 0 aliphatic heterocycles. The molecule has 168 valence electrons. The Bertz CT molecular complexity index is 1060. The fourth-order valence-corrected chi connectivity index (χ4v) is 4.60. The molecule has 1 aliphatic carbocycles. The van der Waals surface area contributed by atoms with Gasteiger partial charge in [-0.25, -0.2) is 0 Å². The van der Waals surface area contributed by atoms with E-state index in [-0.39, 0.29) is 23.8 Å². The van der Waals surface area contributed by atoms with Crippen LogP contribution in [0.3, 0.4) is 0 Å². The van der Waals surface area contributed by atoms with E-state index >= 15 is 0 Å². The zero-order valence-electron chi connectivity index (χ0n) is 19.4. The highest BCUT2D eigenvalue weighted by atomic mass is 16.5. The van der Waals surface area contributed by atoms with E-state index in [9.17, 15) is 4.79 Å². The lowest BCUT2D eigenvalue weighted by Gasteiger charge is -2.36. The second kappa shape index (κ2) is 9.19. The maximum Gasteiger partial charge on any atom is 0.308 e. The number of benzene rings is 2. The highest BCUT2D eigenvalue weighted by Crippen LogP contribution is 2.42. The number of fused-ring (bicyclic) bond motifs is 1. The number of methoxy groups -OCH3 is 1. The lowest BCUT2D eigenvalue weighted by Crippen LogP contribution is -2.25. The van der Waals surface area contributed by atoms with Crippen LogP contribution < -0.4 is 4.74 Å². The smallest absolute Gasteiger partial charge is 0.308 e. The van der Waals surface area contributed by atoms with Crippen molar-refractivity contribution in [1.82, 2.24) is 9.78 Å². The molecule has 0 amide bonds. The zero-order valence-corrected chi connectivity index (χ0v) is 19.4. The summed E-state index contributed by atoms with van der Waals surface area (Å²) in [5, 5.41) is 4.31. The average Bonchev–Trinajstić information content (AvgIpc) is 3.34. The van der Waals surface area contributed by atoms with Gasteiger partial charge in [0.2, 0.25) is 0 Å². The third kappa shape index (κ3) is 4.72. The maximum absolute atomic E-state index is 11.9. The highest BCUT2D eigenvalue weighted by molar-refractivity contribution is 5.70. The van der Waals surface area contributed by atoms with Crippen LogP contribution in [0, 0.1) is 0 Å². The molecule has 0 fully saturated rings. The first-order valence-corrected chi connectivity index (χ1v) is 11.3. The summed E-state index contributed by atoms with van der Waals surface area (Å²) >= 11 is 0. The summed E-state index contributed by atoms with van der Waals surface area (Å²) in [5.74, 6) is 1.15. The summed E-state index contributed by atoms with van der Waals surface area (Å²) in [6, 6.07) is 16.3. The second-order valence-corrected chi connectivity index (χ2v) is 9.39. The minimum Gasteiger partial charge on any atom is -0.489 e. The van der Waals surface area contributed by atoms with Crippen molar-refractivity contribution in [1.29, 1.82) is 0 Å². The number of nitrogens with zero attached hydrogens (tertiary/aromatic N) is 2. The number of aromatic nitrogens is 2. The number of hydrogen-bond donors (Lipinski definition) is 0. The Hall–Kier alpha value is -3.08. The van der Waals surface area contributed by atoms with Gasteiger partial charge >= 0.3 is 5.97 Å². The highest BCUT2D eigenvalue weighted by Gasteiger charge is 2.30. The lowest BCUT2D eigenvalue weighted by molar-refractivity contribution is -0.141. The normalized spacial score (nSPS) is 17.9. The molecule has 2 atom stereocenters. The van der Waals surface area contributed by atoms with Gasteiger partial charge in [-0.15, -0.1) is 0 Å². The van der Waals surface area contributed by atoms with Crippen molar-refractivity contribution in [2.45, 2.75) is 64.0 Å². The number of carbonyl (C=O) groups excluding carboxylic acids is 1. The van der Waals surface area contributed by atoms with E-state index in [0.717, 1.165) is 11.3 Å². The molecule has 5 nitrogen and oxygen atoms in total. The third-order valence-corrected chi connectivity index (χ3v) is 6.68. The van der Waals surface area contributed by atoms with Gasteiger partial charge in [0.05, 0.1) is 19.6 Å². The Balaban J connectivity index is 1.47. The van der Waals surface area contributed by atoms with Crippen LogP contribution in [0.2, 0.25) is 0 Å². The van der Waals surface area contributed by atoms with Crippen LogP contribution in [-0.2, 0) is 21.6 Å². The largest absolute Gasteiger partial charge is 0.489 e. The van der Waals surface area contributed by atoms with Crippen molar-refractivity contribution in [2.75, 3.05) is 7.11 Å². The quantitative estimate of drug-likeness (QED) is 0.444. The van der Waals surface area contributed by atoms with Crippen LogP contribution in [0.25, 0.3) is 0 Å². The van der Waals surface area contributed by atoms with Gasteiger partial charge in [-0.2, -0.15) is 5.10 Å². The van der Waals surface area contributed by atoms with Crippen LogP contribution in [0.15, 0.2) is 60.9 Å². The molecule has 0 bridgehead atoms. The summed E-state index contributed by atoms with van der Waals surface area (Å²) in [6.45, 7) is 7.53. The molecule has 2 aromatic carbocycles. The number of carbonyl (C=O) groups is 1. The molecule has 5 heteroatoms. The molecule has 1 heterocycles. The molecule has 0 spiro atoms. The Kier molecular flexibility index (Phi) is 6.35. The molecule has 0 radical (unpaired) electrons. The fourth-order valence-electron chi connectivity index (χ4n) is 4.60. The van der Waals surface area contributed by atoms with Gasteiger partial charge in [-0.1, -0.05) is 51.1 Å².